The molecule has 9 nitrogen and oxygen atoms in total. The number of amides is 1. The number of ether oxygens (including phenoxy) is 1. The second-order valence-electron chi connectivity index (χ2n) is 9.75. The molecule has 2 N–H and O–H groups in total. The second kappa shape index (κ2) is 11.1. The minimum Gasteiger partial charge on any atom is -0.472 e. The largest absolute Gasteiger partial charge is 0.472 e. The molecule has 0 saturated carbocycles. The highest BCUT2D eigenvalue weighted by atomic mass is 32.2. The highest BCUT2D eigenvalue weighted by Crippen LogP contribution is 2.28. The summed E-state index contributed by atoms with van der Waals surface area (Å²) in [4.78, 5) is 19.2. The molecule has 0 aliphatic carbocycles. The average molecular weight is 534 g/mol. The van der Waals surface area contributed by atoms with Crippen molar-refractivity contribution in [1.82, 2.24) is 14.2 Å². The molecule has 0 radical (unpaired) electrons. The van der Waals surface area contributed by atoms with Gasteiger partial charge in [0.05, 0.1) is 24.1 Å². The monoisotopic (exact) mass is 533 g/mol. The fourth-order valence-electron chi connectivity index (χ4n) is 3.75. The van der Waals surface area contributed by atoms with Crippen molar-refractivity contribution >= 4 is 15.9 Å². The van der Waals surface area contributed by atoms with E-state index < -0.39 is 39.5 Å². The van der Waals surface area contributed by atoms with Gasteiger partial charge in [0.1, 0.15) is 23.1 Å². The molecular weight excluding hydrogens is 501 g/mol. The third kappa shape index (κ3) is 6.84. The molecule has 3 atom stereocenters. The highest BCUT2D eigenvalue weighted by Gasteiger charge is 2.36. The van der Waals surface area contributed by atoms with Gasteiger partial charge in [0, 0.05) is 31.3 Å². The number of pyridine rings is 1. The molecule has 1 aliphatic heterocycles. The first-order valence-electron chi connectivity index (χ1n) is 11.8. The van der Waals surface area contributed by atoms with Crippen molar-refractivity contribution < 1.29 is 32.6 Å². The summed E-state index contributed by atoms with van der Waals surface area (Å²) < 4.78 is 46.7. The molecule has 0 fully saturated rings. The third-order valence-electron chi connectivity index (χ3n) is 5.99. The summed E-state index contributed by atoms with van der Waals surface area (Å²) in [6.45, 7) is 6.43. The first-order valence-corrected chi connectivity index (χ1v) is 13.2. The van der Waals surface area contributed by atoms with Crippen LogP contribution in [0.5, 0.6) is 5.88 Å². The lowest BCUT2D eigenvalue weighted by Gasteiger charge is -2.37. The molecule has 0 unspecified atom stereocenters. The number of halogens is 1. The summed E-state index contributed by atoms with van der Waals surface area (Å²) in [5.74, 6) is 4.18. The Labute approximate surface area is 216 Å². The molecule has 0 spiro atoms. The fourth-order valence-corrected chi connectivity index (χ4v) is 4.93. The van der Waals surface area contributed by atoms with Crippen LogP contribution in [0.15, 0.2) is 41.4 Å². The number of rotatable bonds is 6. The standard InChI is InChI=1S/C26H32FN3O6S/c1-17-14-30(18(2)16-31)25(32)22-12-19(10-11-26(3,4)33)13-28-24(22)36-23(17)15-29(5)37(34,35)21-8-6-20(27)7-9-21/h6-9,12-13,17-18,23,31,33H,14-16H2,1-5H3/t17-,18+,23-/m0/s1. The van der Waals surface area contributed by atoms with E-state index in [0.717, 1.165) is 16.4 Å². The van der Waals surface area contributed by atoms with Crippen LogP contribution in [0, 0.1) is 23.6 Å². The SMILES string of the molecule is C[C@H](CO)N1C[C@H](C)[C@H](CN(C)S(=O)(=O)c2ccc(F)cc2)Oc2ncc(C#CC(C)(C)O)cc2C1=O. The van der Waals surface area contributed by atoms with Crippen molar-refractivity contribution in [3.63, 3.8) is 0 Å². The van der Waals surface area contributed by atoms with E-state index in [1.165, 1.54) is 50.2 Å². The molecule has 3 rings (SSSR count). The number of sulfonamides is 1. The van der Waals surface area contributed by atoms with Gasteiger partial charge < -0.3 is 19.8 Å². The minimum absolute atomic E-state index is 0.0121. The number of hydrogen-bond donors (Lipinski definition) is 2. The van der Waals surface area contributed by atoms with Crippen LogP contribution < -0.4 is 4.74 Å². The summed E-state index contributed by atoms with van der Waals surface area (Å²) in [7, 11) is -2.55. The lowest BCUT2D eigenvalue weighted by atomic mass is 10.00. The van der Waals surface area contributed by atoms with E-state index in [1.54, 1.807) is 6.92 Å². The molecule has 0 saturated heterocycles. The van der Waals surface area contributed by atoms with Crippen LogP contribution in [0.1, 0.15) is 43.6 Å². The number of hydrogen-bond acceptors (Lipinski definition) is 7. The minimum atomic E-state index is -3.95. The van der Waals surface area contributed by atoms with Crippen molar-refractivity contribution in [2.75, 3.05) is 26.7 Å². The van der Waals surface area contributed by atoms with Gasteiger partial charge in [0.25, 0.3) is 5.91 Å². The Morgan fingerprint density at radius 1 is 1.32 bits per heavy atom. The van der Waals surface area contributed by atoms with Crippen LogP contribution in [0.3, 0.4) is 0 Å². The Morgan fingerprint density at radius 3 is 2.57 bits per heavy atom. The number of nitrogens with zero attached hydrogens (tertiary/aromatic N) is 3. The molecule has 11 heteroatoms. The number of carbonyl (C=O) groups is 1. The molecule has 0 bridgehead atoms. The van der Waals surface area contributed by atoms with E-state index in [-0.39, 0.29) is 42.0 Å². The molecule has 1 aromatic carbocycles. The number of fused-ring (bicyclic) bond motifs is 1. The second-order valence-corrected chi connectivity index (χ2v) is 11.8. The van der Waals surface area contributed by atoms with Crippen LogP contribution in [0.2, 0.25) is 0 Å². The Hall–Kier alpha value is -3.04. The lowest BCUT2D eigenvalue weighted by Crippen LogP contribution is -2.50. The third-order valence-corrected chi connectivity index (χ3v) is 7.83. The number of likely N-dealkylation sites (N-methyl/N-ethyl adjacent to an activating group) is 1. The van der Waals surface area contributed by atoms with Crippen molar-refractivity contribution in [2.24, 2.45) is 5.92 Å². The van der Waals surface area contributed by atoms with E-state index >= 15 is 0 Å². The quantitative estimate of drug-likeness (QED) is 0.544. The molecule has 37 heavy (non-hydrogen) atoms. The molecule has 1 amide bonds. The number of aliphatic hydroxyl groups is 2. The van der Waals surface area contributed by atoms with Gasteiger partial charge in [-0.05, 0) is 51.1 Å². The van der Waals surface area contributed by atoms with Gasteiger partial charge in [-0.3, -0.25) is 4.79 Å². The van der Waals surface area contributed by atoms with Crippen molar-refractivity contribution in [1.29, 1.82) is 0 Å². The summed E-state index contributed by atoms with van der Waals surface area (Å²) >= 11 is 0. The van der Waals surface area contributed by atoms with E-state index in [1.807, 2.05) is 6.92 Å². The van der Waals surface area contributed by atoms with Crippen molar-refractivity contribution in [3.8, 4) is 17.7 Å². The van der Waals surface area contributed by atoms with Gasteiger partial charge in [0.2, 0.25) is 15.9 Å². The molecule has 1 aromatic heterocycles. The summed E-state index contributed by atoms with van der Waals surface area (Å²) in [5.41, 5.74) is -0.747. The van der Waals surface area contributed by atoms with Crippen LogP contribution in [-0.4, -0.2) is 83.2 Å². The average Bonchev–Trinajstić information content (AvgIpc) is 2.84. The van der Waals surface area contributed by atoms with Crippen LogP contribution >= 0.6 is 0 Å². The first-order chi connectivity index (χ1) is 17.2. The zero-order chi connectivity index (χ0) is 27.5. The number of benzene rings is 1. The van der Waals surface area contributed by atoms with Crippen LogP contribution in [0.25, 0.3) is 0 Å². The first kappa shape index (κ1) is 28.5. The van der Waals surface area contributed by atoms with Gasteiger partial charge in [-0.2, -0.15) is 4.31 Å². The van der Waals surface area contributed by atoms with Crippen molar-refractivity contribution in [3.05, 3.63) is 53.5 Å². The van der Waals surface area contributed by atoms with Gasteiger partial charge in [0.15, 0.2) is 0 Å². The number of aromatic nitrogens is 1. The molecule has 2 aromatic rings. The van der Waals surface area contributed by atoms with Gasteiger partial charge >= 0.3 is 0 Å². The zero-order valence-electron chi connectivity index (χ0n) is 21.5. The summed E-state index contributed by atoms with van der Waals surface area (Å²) in [5, 5.41) is 19.7. The van der Waals surface area contributed by atoms with E-state index in [9.17, 15) is 27.8 Å². The van der Waals surface area contributed by atoms with Crippen LogP contribution in [-0.2, 0) is 10.0 Å². The maximum absolute atomic E-state index is 13.4. The van der Waals surface area contributed by atoms with E-state index in [4.69, 9.17) is 4.74 Å². The lowest BCUT2D eigenvalue weighted by molar-refractivity contribution is 0.0373. The Balaban J connectivity index is 1.99. The number of carbonyl (C=O) groups excluding carboxylic acids is 1. The normalized spacial score (nSPS) is 19.3. The Kier molecular flexibility index (Phi) is 8.59. The maximum atomic E-state index is 13.4. The summed E-state index contributed by atoms with van der Waals surface area (Å²) in [6.07, 6.45) is 0.703. The highest BCUT2D eigenvalue weighted by molar-refractivity contribution is 7.89. The molecular formula is C26H32FN3O6S. The van der Waals surface area contributed by atoms with E-state index in [0.29, 0.717) is 5.56 Å². The van der Waals surface area contributed by atoms with Crippen LogP contribution in [0.4, 0.5) is 4.39 Å². The predicted molar refractivity (Wildman–Crippen MR) is 135 cm³/mol. The topological polar surface area (TPSA) is 120 Å². The summed E-state index contributed by atoms with van der Waals surface area (Å²) in [6, 6.07) is 5.53. The van der Waals surface area contributed by atoms with Gasteiger partial charge in [-0.15, -0.1) is 0 Å². The Morgan fingerprint density at radius 2 is 1.97 bits per heavy atom. The number of aliphatic hydroxyl groups excluding tert-OH is 1. The molecule has 2 heterocycles. The predicted octanol–water partition coefficient (Wildman–Crippen LogP) is 1.88. The molecule has 200 valence electrons. The van der Waals surface area contributed by atoms with Crippen molar-refractivity contribution in [2.45, 2.75) is 50.3 Å². The van der Waals surface area contributed by atoms with Gasteiger partial charge in [-0.1, -0.05) is 18.8 Å². The van der Waals surface area contributed by atoms with Gasteiger partial charge in [-0.25, -0.2) is 17.8 Å². The smallest absolute Gasteiger partial charge is 0.259 e. The van der Waals surface area contributed by atoms with E-state index in [2.05, 4.69) is 16.8 Å². The maximum Gasteiger partial charge on any atom is 0.259 e. The Bertz CT molecular complexity index is 1300. The fraction of sp³-hybridized carbons (Fsp3) is 0.462. The molecule has 1 aliphatic rings. The zero-order valence-corrected chi connectivity index (χ0v) is 22.3.